The van der Waals surface area contributed by atoms with Crippen LogP contribution in [0.15, 0.2) is 11.4 Å². The van der Waals surface area contributed by atoms with E-state index in [-0.39, 0.29) is 5.91 Å². The fourth-order valence-corrected chi connectivity index (χ4v) is 2.11. The first-order chi connectivity index (χ1) is 8.02. The molecule has 1 heterocycles. The van der Waals surface area contributed by atoms with Crippen LogP contribution in [0.4, 0.5) is 5.69 Å². The molecule has 1 aromatic heterocycles. The van der Waals surface area contributed by atoms with Gasteiger partial charge in [0.25, 0.3) is 5.91 Å². The summed E-state index contributed by atoms with van der Waals surface area (Å²) in [5.74, 6) is -0.0651. The molecule has 0 unspecified atom stereocenters. The zero-order valence-electron chi connectivity index (χ0n) is 10.7. The summed E-state index contributed by atoms with van der Waals surface area (Å²) >= 11 is 1.38. The number of anilines is 1. The van der Waals surface area contributed by atoms with Crippen LogP contribution >= 0.6 is 11.3 Å². The van der Waals surface area contributed by atoms with Crippen molar-refractivity contribution in [2.24, 2.45) is 0 Å². The molecule has 0 bridgehead atoms. The van der Waals surface area contributed by atoms with E-state index in [4.69, 9.17) is 5.73 Å². The van der Waals surface area contributed by atoms with Crippen LogP contribution < -0.4 is 11.1 Å². The molecule has 5 heteroatoms. The van der Waals surface area contributed by atoms with Crippen molar-refractivity contribution in [3.05, 3.63) is 16.3 Å². The van der Waals surface area contributed by atoms with Gasteiger partial charge < -0.3 is 16.0 Å². The zero-order chi connectivity index (χ0) is 12.8. The normalized spacial score (nSPS) is 11.1. The Labute approximate surface area is 107 Å². The first-order valence-electron chi connectivity index (χ1n) is 5.83. The number of amides is 1. The van der Waals surface area contributed by atoms with Gasteiger partial charge in [0.1, 0.15) is 4.88 Å². The van der Waals surface area contributed by atoms with Crippen molar-refractivity contribution in [2.75, 3.05) is 25.9 Å². The Morgan fingerprint density at radius 1 is 1.59 bits per heavy atom. The van der Waals surface area contributed by atoms with E-state index in [9.17, 15) is 4.79 Å². The van der Waals surface area contributed by atoms with Gasteiger partial charge in [-0.05, 0) is 45.3 Å². The summed E-state index contributed by atoms with van der Waals surface area (Å²) in [5, 5.41) is 4.72. The Hall–Kier alpha value is -1.07. The predicted octanol–water partition coefficient (Wildman–Crippen LogP) is 1.79. The average molecular weight is 255 g/mol. The molecule has 1 aromatic rings. The van der Waals surface area contributed by atoms with Crippen molar-refractivity contribution >= 4 is 22.9 Å². The molecule has 0 radical (unpaired) electrons. The van der Waals surface area contributed by atoms with Crippen molar-refractivity contribution in [1.82, 2.24) is 10.2 Å². The quantitative estimate of drug-likeness (QED) is 0.762. The molecule has 0 fully saturated rings. The van der Waals surface area contributed by atoms with Crippen LogP contribution in [0.1, 0.15) is 29.9 Å². The number of nitrogens with zero attached hydrogens (tertiary/aromatic N) is 1. The maximum absolute atomic E-state index is 11.7. The smallest absolute Gasteiger partial charge is 0.263 e. The van der Waals surface area contributed by atoms with Gasteiger partial charge in [0, 0.05) is 12.6 Å². The molecular weight excluding hydrogens is 234 g/mol. The Balaban J connectivity index is 2.24. The Morgan fingerprint density at radius 3 is 2.82 bits per heavy atom. The maximum atomic E-state index is 11.7. The number of rotatable bonds is 6. The van der Waals surface area contributed by atoms with Gasteiger partial charge in [-0.1, -0.05) is 0 Å². The molecule has 0 spiro atoms. The lowest BCUT2D eigenvalue weighted by Crippen LogP contribution is -2.31. The molecule has 0 aliphatic rings. The molecule has 3 N–H and O–H groups in total. The number of nitrogens with one attached hydrogen (secondary N) is 1. The number of carbonyl (C=O) groups excluding carboxylic acids is 1. The molecule has 1 amide bonds. The largest absolute Gasteiger partial charge is 0.397 e. The van der Waals surface area contributed by atoms with Gasteiger partial charge in [-0.2, -0.15) is 0 Å². The summed E-state index contributed by atoms with van der Waals surface area (Å²) in [6, 6.07) is 2.30. The minimum absolute atomic E-state index is 0.0651. The van der Waals surface area contributed by atoms with Crippen molar-refractivity contribution in [2.45, 2.75) is 26.3 Å². The zero-order valence-corrected chi connectivity index (χ0v) is 11.5. The first kappa shape index (κ1) is 14.0. The van der Waals surface area contributed by atoms with E-state index in [2.05, 4.69) is 31.1 Å². The number of nitrogen functional groups attached to an aromatic ring is 1. The Morgan fingerprint density at radius 2 is 2.29 bits per heavy atom. The van der Waals surface area contributed by atoms with Crippen molar-refractivity contribution in [3.8, 4) is 0 Å². The van der Waals surface area contributed by atoms with Crippen LogP contribution in [0.2, 0.25) is 0 Å². The summed E-state index contributed by atoms with van der Waals surface area (Å²) < 4.78 is 0. The summed E-state index contributed by atoms with van der Waals surface area (Å²) in [7, 11) is 2.09. The van der Waals surface area contributed by atoms with Gasteiger partial charge in [-0.3, -0.25) is 4.79 Å². The van der Waals surface area contributed by atoms with Crippen molar-refractivity contribution in [1.29, 1.82) is 0 Å². The van der Waals surface area contributed by atoms with Gasteiger partial charge >= 0.3 is 0 Å². The summed E-state index contributed by atoms with van der Waals surface area (Å²) in [6.45, 7) is 5.99. The predicted molar refractivity (Wildman–Crippen MR) is 73.4 cm³/mol. The molecule has 0 saturated carbocycles. The second-order valence-corrected chi connectivity index (χ2v) is 5.30. The third-order valence-electron chi connectivity index (χ3n) is 2.76. The van der Waals surface area contributed by atoms with E-state index in [1.54, 1.807) is 6.07 Å². The number of hydrogen-bond acceptors (Lipinski definition) is 4. The molecule has 0 atom stereocenters. The van der Waals surface area contributed by atoms with E-state index in [1.165, 1.54) is 11.3 Å². The molecule has 0 saturated heterocycles. The van der Waals surface area contributed by atoms with Gasteiger partial charge in [0.2, 0.25) is 0 Å². The van der Waals surface area contributed by atoms with Crippen LogP contribution in [0.5, 0.6) is 0 Å². The molecule has 96 valence electrons. The molecule has 4 nitrogen and oxygen atoms in total. The summed E-state index contributed by atoms with van der Waals surface area (Å²) in [5.41, 5.74) is 6.24. The van der Waals surface area contributed by atoms with Gasteiger partial charge in [0.15, 0.2) is 0 Å². The molecule has 1 rings (SSSR count). The average Bonchev–Trinajstić information content (AvgIpc) is 2.70. The third-order valence-corrected chi connectivity index (χ3v) is 3.69. The van der Waals surface area contributed by atoms with Gasteiger partial charge in [-0.15, -0.1) is 11.3 Å². The highest BCUT2D eigenvalue weighted by Gasteiger charge is 2.10. The van der Waals surface area contributed by atoms with E-state index >= 15 is 0 Å². The monoisotopic (exact) mass is 255 g/mol. The van der Waals surface area contributed by atoms with Crippen LogP contribution in [-0.2, 0) is 0 Å². The van der Waals surface area contributed by atoms with Gasteiger partial charge in [0.05, 0.1) is 5.69 Å². The van der Waals surface area contributed by atoms with E-state index in [0.29, 0.717) is 23.2 Å². The fraction of sp³-hybridized carbons (Fsp3) is 0.583. The Kier molecular flexibility index (Phi) is 5.44. The second-order valence-electron chi connectivity index (χ2n) is 4.39. The van der Waals surface area contributed by atoms with Crippen molar-refractivity contribution in [3.63, 3.8) is 0 Å². The minimum Gasteiger partial charge on any atom is -0.397 e. The highest BCUT2D eigenvalue weighted by atomic mass is 32.1. The summed E-state index contributed by atoms with van der Waals surface area (Å²) in [6.07, 6.45) is 0.950. The topological polar surface area (TPSA) is 58.4 Å². The van der Waals surface area contributed by atoms with E-state index in [1.807, 2.05) is 5.38 Å². The molecule has 0 aliphatic carbocycles. The minimum atomic E-state index is -0.0651. The lowest BCUT2D eigenvalue weighted by molar-refractivity contribution is 0.0956. The molecular formula is C12H21N3OS. The van der Waals surface area contributed by atoms with E-state index < -0.39 is 0 Å². The standard InChI is InChI=1S/C12H21N3OS/c1-9(2)15(3)7-4-6-14-12(16)11-10(13)5-8-17-11/h5,8-9H,4,6-7,13H2,1-3H3,(H,14,16). The molecule has 0 aromatic carbocycles. The van der Waals surface area contributed by atoms with Crippen molar-refractivity contribution < 1.29 is 4.79 Å². The lowest BCUT2D eigenvalue weighted by atomic mass is 10.3. The highest BCUT2D eigenvalue weighted by molar-refractivity contribution is 7.12. The van der Waals surface area contributed by atoms with Crippen LogP contribution in [-0.4, -0.2) is 37.0 Å². The SMILES string of the molecule is CC(C)N(C)CCCNC(=O)c1sccc1N. The number of nitrogens with two attached hydrogens (primary N) is 1. The fourth-order valence-electron chi connectivity index (χ4n) is 1.37. The second kappa shape index (κ2) is 6.61. The van der Waals surface area contributed by atoms with Gasteiger partial charge in [-0.25, -0.2) is 0 Å². The van der Waals surface area contributed by atoms with Crippen LogP contribution in [0, 0.1) is 0 Å². The van der Waals surface area contributed by atoms with E-state index in [0.717, 1.165) is 13.0 Å². The number of thiophene rings is 1. The molecule has 17 heavy (non-hydrogen) atoms. The first-order valence-corrected chi connectivity index (χ1v) is 6.71. The lowest BCUT2D eigenvalue weighted by Gasteiger charge is -2.20. The Bertz CT molecular complexity index is 362. The van der Waals surface area contributed by atoms with Crippen LogP contribution in [0.25, 0.3) is 0 Å². The maximum Gasteiger partial charge on any atom is 0.263 e. The molecule has 0 aliphatic heterocycles. The summed E-state index contributed by atoms with van der Waals surface area (Å²) in [4.78, 5) is 14.6. The third kappa shape index (κ3) is 4.36. The highest BCUT2D eigenvalue weighted by Crippen LogP contribution is 2.18. The number of hydrogen-bond donors (Lipinski definition) is 2. The number of carbonyl (C=O) groups is 1. The van der Waals surface area contributed by atoms with Crippen LogP contribution in [0.3, 0.4) is 0 Å².